The minimum Gasteiger partial charge on any atom is -0.507 e. The minimum absolute atomic E-state index is 0.0633. The smallest absolute Gasteiger partial charge is 0.295 e. The van der Waals surface area contributed by atoms with E-state index in [4.69, 9.17) is 0 Å². The Kier molecular flexibility index (Phi) is 5.25. The van der Waals surface area contributed by atoms with Gasteiger partial charge in [0.25, 0.3) is 30.4 Å². The Morgan fingerprint density at radius 3 is 1.45 bits per heavy atom. The Bertz CT molecular complexity index is 1630. The first kappa shape index (κ1) is 22.9. The minimum atomic E-state index is -5.06. The van der Waals surface area contributed by atoms with E-state index in [2.05, 4.69) is 13.2 Å². The van der Waals surface area contributed by atoms with Gasteiger partial charge in [0.15, 0.2) is 0 Å². The van der Waals surface area contributed by atoms with Crippen LogP contribution in [-0.2, 0) is 30.4 Å². The van der Waals surface area contributed by atoms with Crippen molar-refractivity contribution in [3.05, 3.63) is 48.6 Å². The van der Waals surface area contributed by atoms with Crippen molar-refractivity contribution >= 4 is 64.1 Å². The summed E-state index contributed by atoms with van der Waals surface area (Å²) in [6.07, 6.45) is 1.95. The fourth-order valence-electron chi connectivity index (χ4n) is 3.43. The normalized spacial score (nSPS) is 12.9. The largest absolute Gasteiger partial charge is 0.507 e. The molecule has 31 heavy (non-hydrogen) atoms. The second-order valence-electron chi connectivity index (χ2n) is 6.34. The Hall–Kier alpha value is -2.81. The van der Waals surface area contributed by atoms with Gasteiger partial charge in [-0.3, -0.25) is 13.7 Å². The van der Waals surface area contributed by atoms with Gasteiger partial charge < -0.3 is 5.11 Å². The standard InChI is InChI=1S/C18H14O10S3/c1-3-9-14(29(20,21)22)7-13(19)11-5-6-12-16(31(26,27)28)8-15(30(23,24)25)10(4-2)18(12)17(9)11/h3-8,19H,1-2H2,(H,20,21,22)(H,23,24,25)(H,26,27,28). The van der Waals surface area contributed by atoms with E-state index in [0.717, 1.165) is 24.3 Å². The lowest BCUT2D eigenvalue weighted by Crippen LogP contribution is -2.08. The maximum Gasteiger partial charge on any atom is 0.295 e. The Morgan fingerprint density at radius 1 is 0.645 bits per heavy atom. The van der Waals surface area contributed by atoms with Gasteiger partial charge in [0.05, 0.1) is 0 Å². The molecule has 0 aliphatic carbocycles. The van der Waals surface area contributed by atoms with E-state index < -0.39 is 50.8 Å². The highest BCUT2D eigenvalue weighted by atomic mass is 32.2. The summed E-state index contributed by atoms with van der Waals surface area (Å²) in [5.41, 5.74) is -0.636. The maximum atomic E-state index is 12.0. The molecule has 0 saturated carbocycles. The highest BCUT2D eigenvalue weighted by Gasteiger charge is 2.28. The van der Waals surface area contributed by atoms with Gasteiger partial charge in [-0.15, -0.1) is 0 Å². The lowest BCUT2D eigenvalue weighted by molar-refractivity contribution is 0.470. The van der Waals surface area contributed by atoms with Gasteiger partial charge in [-0.2, -0.15) is 25.3 Å². The van der Waals surface area contributed by atoms with Crippen LogP contribution in [0.5, 0.6) is 5.75 Å². The molecule has 0 bridgehead atoms. The summed E-state index contributed by atoms with van der Waals surface area (Å²) in [6, 6.07) is 3.60. The van der Waals surface area contributed by atoms with Crippen molar-refractivity contribution in [1.82, 2.24) is 0 Å². The van der Waals surface area contributed by atoms with Gasteiger partial charge in [0.1, 0.15) is 20.4 Å². The summed E-state index contributed by atoms with van der Waals surface area (Å²) in [6.45, 7) is 6.93. The molecule has 164 valence electrons. The second-order valence-corrected chi connectivity index (χ2v) is 10.5. The average Bonchev–Trinajstić information content (AvgIpc) is 2.63. The van der Waals surface area contributed by atoms with Crippen molar-refractivity contribution < 1.29 is 44.0 Å². The van der Waals surface area contributed by atoms with E-state index in [0.29, 0.717) is 6.07 Å². The molecule has 0 unspecified atom stereocenters. The molecule has 0 aromatic heterocycles. The maximum absolute atomic E-state index is 12.0. The fourth-order valence-corrected chi connectivity index (χ4v) is 5.67. The first-order valence-electron chi connectivity index (χ1n) is 8.09. The first-order valence-corrected chi connectivity index (χ1v) is 12.4. The van der Waals surface area contributed by atoms with Gasteiger partial charge in [0, 0.05) is 38.7 Å². The van der Waals surface area contributed by atoms with Crippen LogP contribution in [-0.4, -0.2) is 44.0 Å². The van der Waals surface area contributed by atoms with E-state index in [1.165, 1.54) is 6.07 Å². The van der Waals surface area contributed by atoms with Crippen LogP contribution in [0.25, 0.3) is 33.7 Å². The summed E-state index contributed by atoms with van der Waals surface area (Å²) < 4.78 is 100. The third-order valence-corrected chi connectivity index (χ3v) is 7.27. The van der Waals surface area contributed by atoms with Gasteiger partial charge in [-0.1, -0.05) is 31.4 Å². The summed E-state index contributed by atoms with van der Waals surface area (Å²) in [5, 5.41) is 9.51. The van der Waals surface area contributed by atoms with E-state index in [-0.39, 0.29) is 32.7 Å². The molecule has 0 fully saturated rings. The quantitative estimate of drug-likeness (QED) is 0.309. The van der Waals surface area contributed by atoms with E-state index in [1.54, 1.807) is 0 Å². The van der Waals surface area contributed by atoms with Gasteiger partial charge in [0.2, 0.25) is 0 Å². The van der Waals surface area contributed by atoms with Gasteiger partial charge in [-0.25, -0.2) is 0 Å². The number of phenols is 1. The molecule has 13 heteroatoms. The van der Waals surface area contributed by atoms with Crippen molar-refractivity contribution in [2.24, 2.45) is 0 Å². The van der Waals surface area contributed by atoms with Crippen LogP contribution in [0, 0.1) is 0 Å². The topological polar surface area (TPSA) is 183 Å². The highest BCUT2D eigenvalue weighted by molar-refractivity contribution is 7.87. The summed E-state index contributed by atoms with van der Waals surface area (Å²) >= 11 is 0. The zero-order chi connectivity index (χ0) is 23.5. The molecule has 0 saturated heterocycles. The number of benzene rings is 3. The molecule has 0 aliphatic heterocycles. The SMILES string of the molecule is C=Cc1c(S(=O)(=O)O)cc(O)c2ccc3c(S(=O)(=O)O)cc(S(=O)(=O)O)c(C=C)c3c12. The Balaban J connectivity index is 2.92. The van der Waals surface area contributed by atoms with Crippen LogP contribution in [0.2, 0.25) is 0 Å². The lowest BCUT2D eigenvalue weighted by atomic mass is 9.93. The van der Waals surface area contributed by atoms with Crippen LogP contribution in [0.4, 0.5) is 0 Å². The predicted molar refractivity (Wildman–Crippen MR) is 113 cm³/mol. The second kappa shape index (κ2) is 7.12. The van der Waals surface area contributed by atoms with Crippen molar-refractivity contribution in [3.63, 3.8) is 0 Å². The number of hydrogen-bond acceptors (Lipinski definition) is 7. The van der Waals surface area contributed by atoms with E-state index in [1.807, 2.05) is 0 Å². The molecule has 3 aromatic rings. The van der Waals surface area contributed by atoms with Crippen molar-refractivity contribution in [1.29, 1.82) is 0 Å². The molecule has 4 N–H and O–H groups in total. The fraction of sp³-hybridized carbons (Fsp3) is 0. The molecule has 3 rings (SSSR count). The summed E-state index contributed by atoms with van der Waals surface area (Å²) in [5.74, 6) is -0.643. The third kappa shape index (κ3) is 3.71. The molecule has 0 spiro atoms. The summed E-state index contributed by atoms with van der Waals surface area (Å²) in [7, 11) is -15.0. The number of hydrogen-bond donors (Lipinski definition) is 4. The molecular weight excluding hydrogens is 472 g/mol. The zero-order valence-electron chi connectivity index (χ0n) is 15.3. The van der Waals surface area contributed by atoms with Crippen LogP contribution < -0.4 is 0 Å². The molecule has 10 nitrogen and oxygen atoms in total. The van der Waals surface area contributed by atoms with E-state index >= 15 is 0 Å². The molecule has 0 radical (unpaired) electrons. The number of rotatable bonds is 5. The van der Waals surface area contributed by atoms with Crippen molar-refractivity contribution in [2.75, 3.05) is 0 Å². The molecule has 0 aliphatic rings. The van der Waals surface area contributed by atoms with Gasteiger partial charge >= 0.3 is 0 Å². The molecule has 0 amide bonds. The lowest BCUT2D eigenvalue weighted by Gasteiger charge is -2.17. The van der Waals surface area contributed by atoms with E-state index in [9.17, 15) is 44.0 Å². The van der Waals surface area contributed by atoms with Gasteiger partial charge in [-0.05, 0) is 12.1 Å². The number of aromatic hydroxyl groups is 1. The number of fused-ring (bicyclic) bond motifs is 3. The zero-order valence-corrected chi connectivity index (χ0v) is 17.8. The summed E-state index contributed by atoms with van der Waals surface area (Å²) in [4.78, 5) is -2.64. The van der Waals surface area contributed by atoms with Crippen LogP contribution in [0.3, 0.4) is 0 Å². The average molecular weight is 487 g/mol. The Morgan fingerprint density at radius 2 is 1.03 bits per heavy atom. The predicted octanol–water partition coefficient (Wildman–Crippen LogP) is 2.72. The number of phenolic OH excluding ortho intramolecular Hbond substituents is 1. The van der Waals surface area contributed by atoms with Crippen molar-refractivity contribution in [2.45, 2.75) is 14.7 Å². The molecule has 0 atom stereocenters. The van der Waals surface area contributed by atoms with Crippen LogP contribution in [0.15, 0.2) is 52.1 Å². The monoisotopic (exact) mass is 486 g/mol. The first-order chi connectivity index (χ1) is 14.1. The third-order valence-electron chi connectivity index (χ3n) is 4.59. The molecule has 0 heterocycles. The van der Waals surface area contributed by atoms with Crippen LogP contribution >= 0.6 is 0 Å². The van der Waals surface area contributed by atoms with Crippen molar-refractivity contribution in [3.8, 4) is 5.75 Å². The highest BCUT2D eigenvalue weighted by Crippen LogP contribution is 2.43. The van der Waals surface area contributed by atoms with Crippen LogP contribution in [0.1, 0.15) is 11.1 Å². The Labute approximate surface area is 177 Å². The molecular formula is C18H14O10S3. The molecule has 3 aromatic carbocycles.